The third-order valence-electron chi connectivity index (χ3n) is 3.46. The van der Waals surface area contributed by atoms with E-state index >= 15 is 0 Å². The van der Waals surface area contributed by atoms with Crippen molar-refractivity contribution in [1.82, 2.24) is 8.55 Å². The van der Waals surface area contributed by atoms with E-state index in [9.17, 15) is 15.0 Å². The SMILES string of the molecule is O=c1c2cc(O)ccc2[se]n1-c1ccc2cccc(O)c2n1. The zero-order chi connectivity index (χ0) is 15.3. The molecule has 2 aromatic carbocycles. The second-order valence-corrected chi connectivity index (χ2v) is 6.96. The van der Waals surface area contributed by atoms with Gasteiger partial charge in [-0.1, -0.05) is 0 Å². The van der Waals surface area contributed by atoms with Crippen molar-refractivity contribution in [1.29, 1.82) is 0 Å². The van der Waals surface area contributed by atoms with Crippen molar-refractivity contribution in [3.8, 4) is 17.3 Å². The summed E-state index contributed by atoms with van der Waals surface area (Å²) in [6.45, 7) is 0. The Kier molecular flexibility index (Phi) is 2.82. The van der Waals surface area contributed by atoms with E-state index in [1.807, 2.05) is 12.1 Å². The predicted molar refractivity (Wildman–Crippen MR) is 85.1 cm³/mol. The minimum atomic E-state index is -0.231. The van der Waals surface area contributed by atoms with Crippen molar-refractivity contribution in [2.24, 2.45) is 0 Å². The molecule has 5 nitrogen and oxygen atoms in total. The molecule has 0 aliphatic rings. The Morgan fingerprint density at radius 3 is 2.77 bits per heavy atom. The summed E-state index contributed by atoms with van der Waals surface area (Å²) < 4.78 is 2.51. The number of pyridine rings is 1. The summed E-state index contributed by atoms with van der Waals surface area (Å²) in [7, 11) is 0. The van der Waals surface area contributed by atoms with Gasteiger partial charge in [0.15, 0.2) is 0 Å². The summed E-state index contributed by atoms with van der Waals surface area (Å²) in [5, 5.41) is 20.8. The fraction of sp³-hybridized carbons (Fsp3) is 0. The maximum absolute atomic E-state index is 12.5. The Balaban J connectivity index is 2.01. The molecule has 4 aromatic rings. The summed E-state index contributed by atoms with van der Waals surface area (Å²) in [6, 6.07) is 13.6. The number of hydrogen-bond acceptors (Lipinski definition) is 4. The molecule has 0 radical (unpaired) electrons. The Morgan fingerprint density at radius 1 is 1.05 bits per heavy atom. The van der Waals surface area contributed by atoms with Gasteiger partial charge in [-0.2, -0.15) is 0 Å². The van der Waals surface area contributed by atoms with Crippen LogP contribution in [0.2, 0.25) is 0 Å². The molecule has 6 heteroatoms. The molecule has 0 atom stereocenters. The molecule has 0 saturated heterocycles. The third-order valence-corrected chi connectivity index (χ3v) is 5.74. The number of aromatic nitrogens is 2. The Hall–Kier alpha value is -2.56. The predicted octanol–water partition coefficient (Wildman–Crippen LogP) is 2.01. The average molecular weight is 357 g/mol. The Labute approximate surface area is 130 Å². The molecule has 0 aliphatic carbocycles. The molecule has 2 N–H and O–H groups in total. The molecule has 2 heterocycles. The fourth-order valence-electron chi connectivity index (χ4n) is 2.40. The van der Waals surface area contributed by atoms with Crippen LogP contribution < -0.4 is 5.56 Å². The standard InChI is InChI=1S/C16H10N2O3Se/c19-10-5-6-13-11(8-10)16(21)18(22-13)14-7-4-9-2-1-3-12(20)15(9)17-14/h1-8,19-20H. The summed E-state index contributed by atoms with van der Waals surface area (Å²) in [4.78, 5) is 16.9. The molecule has 0 saturated carbocycles. The van der Waals surface area contributed by atoms with Gasteiger partial charge in [-0.25, -0.2) is 0 Å². The Bertz CT molecular complexity index is 1080. The first-order chi connectivity index (χ1) is 10.6. The van der Waals surface area contributed by atoms with Crippen molar-refractivity contribution < 1.29 is 10.2 Å². The van der Waals surface area contributed by atoms with Crippen molar-refractivity contribution in [3.05, 3.63) is 58.9 Å². The number of aromatic hydroxyl groups is 2. The van der Waals surface area contributed by atoms with E-state index in [1.54, 1.807) is 33.9 Å². The summed E-state index contributed by atoms with van der Waals surface area (Å²) in [6.07, 6.45) is 0. The summed E-state index contributed by atoms with van der Waals surface area (Å²) >= 11 is -0.231. The number of rotatable bonds is 1. The average Bonchev–Trinajstić information content (AvgIpc) is 2.84. The molecule has 0 spiro atoms. The van der Waals surface area contributed by atoms with Crippen LogP contribution in [0.4, 0.5) is 0 Å². The molecular weight excluding hydrogens is 347 g/mol. The normalized spacial score (nSPS) is 11.3. The number of phenolic OH excluding ortho intramolecular Hbond substituents is 2. The summed E-state index contributed by atoms with van der Waals surface area (Å²) in [5.41, 5.74) is 0.301. The van der Waals surface area contributed by atoms with Gasteiger partial charge < -0.3 is 0 Å². The number of nitrogens with zero attached hydrogens (tertiary/aromatic N) is 2. The van der Waals surface area contributed by atoms with Crippen LogP contribution in [-0.4, -0.2) is 33.5 Å². The molecule has 0 amide bonds. The van der Waals surface area contributed by atoms with Crippen LogP contribution in [0, 0.1) is 0 Å². The van der Waals surface area contributed by atoms with Crippen LogP contribution in [0.5, 0.6) is 11.5 Å². The molecule has 0 bridgehead atoms. The van der Waals surface area contributed by atoms with Gasteiger partial charge in [0.2, 0.25) is 0 Å². The van der Waals surface area contributed by atoms with Gasteiger partial charge >= 0.3 is 130 Å². The monoisotopic (exact) mass is 358 g/mol. The van der Waals surface area contributed by atoms with Crippen LogP contribution in [-0.2, 0) is 0 Å². The molecule has 22 heavy (non-hydrogen) atoms. The van der Waals surface area contributed by atoms with Crippen LogP contribution in [0.1, 0.15) is 0 Å². The van der Waals surface area contributed by atoms with Crippen molar-refractivity contribution >= 4 is 35.3 Å². The molecule has 0 aliphatic heterocycles. The van der Waals surface area contributed by atoms with E-state index in [1.165, 1.54) is 6.07 Å². The fourth-order valence-corrected chi connectivity index (χ4v) is 4.39. The second kappa shape index (κ2) is 4.73. The molecule has 0 fully saturated rings. The number of hydrogen-bond donors (Lipinski definition) is 2. The minimum absolute atomic E-state index is 0.0777. The second-order valence-electron chi connectivity index (χ2n) is 4.89. The van der Waals surface area contributed by atoms with Gasteiger partial charge in [0.1, 0.15) is 0 Å². The van der Waals surface area contributed by atoms with Crippen molar-refractivity contribution in [2.45, 2.75) is 0 Å². The molecule has 0 unspecified atom stereocenters. The number of benzene rings is 2. The van der Waals surface area contributed by atoms with Gasteiger partial charge in [0, 0.05) is 0 Å². The number of para-hydroxylation sites is 1. The molecule has 4 rings (SSSR count). The molecule has 108 valence electrons. The topological polar surface area (TPSA) is 75.3 Å². The zero-order valence-electron chi connectivity index (χ0n) is 11.2. The molecule has 2 aromatic heterocycles. The quantitative estimate of drug-likeness (QED) is 0.511. The first kappa shape index (κ1) is 13.1. The number of phenols is 2. The van der Waals surface area contributed by atoms with Gasteiger partial charge in [-0.15, -0.1) is 0 Å². The van der Waals surface area contributed by atoms with Crippen molar-refractivity contribution in [3.63, 3.8) is 0 Å². The van der Waals surface area contributed by atoms with Crippen molar-refractivity contribution in [2.75, 3.05) is 0 Å². The van der Waals surface area contributed by atoms with Gasteiger partial charge in [-0.3, -0.25) is 0 Å². The van der Waals surface area contributed by atoms with E-state index in [2.05, 4.69) is 4.98 Å². The van der Waals surface area contributed by atoms with Crippen LogP contribution in [0.15, 0.2) is 53.3 Å². The van der Waals surface area contributed by atoms with Crippen LogP contribution in [0.3, 0.4) is 0 Å². The maximum atomic E-state index is 12.5. The summed E-state index contributed by atoms with van der Waals surface area (Å²) in [5.74, 6) is 0.678. The number of fused-ring (bicyclic) bond motifs is 2. The van der Waals surface area contributed by atoms with Gasteiger partial charge in [0.25, 0.3) is 0 Å². The van der Waals surface area contributed by atoms with E-state index in [0.29, 0.717) is 16.7 Å². The third kappa shape index (κ3) is 1.93. The van der Waals surface area contributed by atoms with E-state index in [-0.39, 0.29) is 31.8 Å². The zero-order valence-corrected chi connectivity index (χ0v) is 12.9. The van der Waals surface area contributed by atoms with E-state index in [4.69, 9.17) is 0 Å². The van der Waals surface area contributed by atoms with Gasteiger partial charge in [0.05, 0.1) is 0 Å². The Morgan fingerprint density at radius 2 is 1.91 bits per heavy atom. The van der Waals surface area contributed by atoms with Crippen LogP contribution in [0.25, 0.3) is 26.4 Å². The van der Waals surface area contributed by atoms with Gasteiger partial charge in [-0.05, 0) is 0 Å². The van der Waals surface area contributed by atoms with E-state index in [0.717, 1.165) is 9.65 Å². The first-order valence-electron chi connectivity index (χ1n) is 6.58. The van der Waals surface area contributed by atoms with Crippen LogP contribution >= 0.6 is 0 Å². The first-order valence-corrected chi connectivity index (χ1v) is 8.20. The van der Waals surface area contributed by atoms with E-state index < -0.39 is 0 Å². The molecular formula is C16H10N2O3Se.